The Hall–Kier alpha value is -4.97. The Morgan fingerprint density at radius 1 is 0.930 bits per heavy atom. The summed E-state index contributed by atoms with van der Waals surface area (Å²) >= 11 is 6.82. The van der Waals surface area contributed by atoms with Crippen LogP contribution in [-0.4, -0.2) is 71.6 Å². The standard InChI is InChI=1S/C46H51ClN4O6/c1-28-33(26-57-44-19-43(56-25-30-16-35(48-4)22-49-20-30)34(18-41(44)47)21-50-46(3,27-52)45(53)54)8-6-10-38(28)39-11-7-9-37(29(39)2)31-12-14-40-32(17-31)13-15-42(40)51-23-36(24-51)55-5/h6-12,14,16-20,22,36,42,48,50,52H,13,15,21,23-27H2,1-5H3,(H,53,54)/t42?,46-/m0/s1. The number of nitrogens with one attached hydrogen (secondary N) is 2. The van der Waals surface area contributed by atoms with E-state index in [1.807, 2.05) is 13.1 Å². The van der Waals surface area contributed by atoms with Crippen molar-refractivity contribution in [3.63, 3.8) is 0 Å². The van der Waals surface area contributed by atoms with Crippen molar-refractivity contribution in [2.45, 2.75) is 71.1 Å². The largest absolute Gasteiger partial charge is 0.488 e. The van der Waals surface area contributed by atoms with Crippen molar-refractivity contribution >= 4 is 23.3 Å². The van der Waals surface area contributed by atoms with Crippen molar-refractivity contribution in [1.29, 1.82) is 0 Å². The van der Waals surface area contributed by atoms with Crippen LogP contribution < -0.4 is 20.1 Å². The van der Waals surface area contributed by atoms with Crippen LogP contribution in [0.3, 0.4) is 0 Å². The fourth-order valence-corrected chi connectivity index (χ4v) is 8.10. The molecule has 0 saturated carbocycles. The van der Waals surface area contributed by atoms with E-state index in [0.29, 0.717) is 34.2 Å². The van der Waals surface area contributed by atoms with Crippen LogP contribution in [0.2, 0.25) is 5.02 Å². The van der Waals surface area contributed by atoms with Crippen molar-refractivity contribution < 1.29 is 29.2 Å². The number of carboxylic acids is 1. The molecule has 1 fully saturated rings. The molecule has 2 atom stereocenters. The highest BCUT2D eigenvalue weighted by Crippen LogP contribution is 2.42. The lowest BCUT2D eigenvalue weighted by Crippen LogP contribution is -2.52. The molecular weight excluding hydrogens is 740 g/mol. The summed E-state index contributed by atoms with van der Waals surface area (Å²) in [7, 11) is 3.62. The number of aliphatic hydroxyl groups is 1. The van der Waals surface area contributed by atoms with Crippen LogP contribution >= 0.6 is 11.6 Å². The van der Waals surface area contributed by atoms with Gasteiger partial charge in [-0.15, -0.1) is 0 Å². The third-order valence-electron chi connectivity index (χ3n) is 11.7. The summed E-state index contributed by atoms with van der Waals surface area (Å²) in [5.74, 6) is -0.286. The fraction of sp³-hybridized carbons (Fsp3) is 0.348. The normalized spacial score (nSPS) is 16.4. The Morgan fingerprint density at radius 3 is 2.40 bits per heavy atom. The molecule has 10 nitrogen and oxygen atoms in total. The van der Waals surface area contributed by atoms with Crippen LogP contribution in [-0.2, 0) is 35.7 Å². The molecule has 2 aliphatic rings. The number of nitrogens with zero attached hydrogens (tertiary/aromatic N) is 2. The lowest BCUT2D eigenvalue weighted by molar-refractivity contribution is -0.145. The molecule has 0 amide bonds. The summed E-state index contributed by atoms with van der Waals surface area (Å²) in [5.41, 5.74) is 11.8. The molecule has 0 spiro atoms. The number of fused-ring (bicyclic) bond motifs is 1. The molecule has 1 aromatic heterocycles. The van der Waals surface area contributed by atoms with Gasteiger partial charge in [0.25, 0.3) is 0 Å². The summed E-state index contributed by atoms with van der Waals surface area (Å²) in [4.78, 5) is 18.7. The van der Waals surface area contributed by atoms with Crippen molar-refractivity contribution in [3.05, 3.63) is 129 Å². The molecule has 298 valence electrons. The maximum Gasteiger partial charge on any atom is 0.326 e. The number of aromatic nitrogens is 1. The van der Waals surface area contributed by atoms with E-state index in [9.17, 15) is 15.0 Å². The molecule has 1 aliphatic heterocycles. The summed E-state index contributed by atoms with van der Waals surface area (Å²) in [6.45, 7) is 7.71. The van der Waals surface area contributed by atoms with Gasteiger partial charge in [0.1, 0.15) is 30.3 Å². The number of carboxylic acid groups (broad SMARTS) is 1. The van der Waals surface area contributed by atoms with Gasteiger partial charge in [-0.05, 0) is 95.8 Å². The molecule has 4 aromatic carbocycles. The molecule has 1 unspecified atom stereocenters. The molecule has 2 heterocycles. The van der Waals surface area contributed by atoms with Gasteiger partial charge in [0.15, 0.2) is 0 Å². The SMILES string of the molecule is CNc1cncc(COc2cc(OCc3cccc(-c4cccc(-c5ccc6c(c5)CCC6N5CC(OC)C5)c4C)c3C)c(Cl)cc2CN[C@@](C)(CO)C(=O)O)c1. The monoisotopic (exact) mass is 790 g/mol. The molecule has 5 aromatic rings. The van der Waals surface area contributed by atoms with E-state index >= 15 is 0 Å². The van der Waals surface area contributed by atoms with Gasteiger partial charge < -0.3 is 29.7 Å². The number of ether oxygens (including phenoxy) is 3. The number of likely N-dealkylation sites (tertiary alicyclic amines) is 1. The third-order valence-corrected chi connectivity index (χ3v) is 11.9. The van der Waals surface area contributed by atoms with Crippen LogP contribution in [0.1, 0.15) is 58.3 Å². The van der Waals surface area contributed by atoms with E-state index in [1.54, 1.807) is 31.6 Å². The second-order valence-corrected chi connectivity index (χ2v) is 15.7. The van der Waals surface area contributed by atoms with Gasteiger partial charge in [0, 0.05) is 69.4 Å². The van der Waals surface area contributed by atoms with Gasteiger partial charge in [-0.25, -0.2) is 0 Å². The zero-order valence-corrected chi connectivity index (χ0v) is 34.0. The number of hydrogen-bond acceptors (Lipinski definition) is 9. The average Bonchev–Trinajstić information content (AvgIpc) is 3.62. The minimum absolute atomic E-state index is 0.0763. The van der Waals surface area contributed by atoms with Gasteiger partial charge in [0.2, 0.25) is 0 Å². The molecule has 1 aliphatic carbocycles. The van der Waals surface area contributed by atoms with Crippen LogP contribution in [0.5, 0.6) is 11.5 Å². The van der Waals surface area contributed by atoms with Gasteiger partial charge in [0.05, 0.1) is 23.4 Å². The van der Waals surface area contributed by atoms with E-state index < -0.39 is 18.1 Å². The molecule has 0 bridgehead atoms. The Labute approximate surface area is 339 Å². The smallest absolute Gasteiger partial charge is 0.326 e. The van der Waals surface area contributed by atoms with Crippen molar-refractivity contribution in [2.24, 2.45) is 0 Å². The fourth-order valence-electron chi connectivity index (χ4n) is 7.86. The number of benzene rings is 4. The topological polar surface area (TPSA) is 125 Å². The van der Waals surface area contributed by atoms with Crippen LogP contribution in [0.15, 0.2) is 85.2 Å². The lowest BCUT2D eigenvalue weighted by Gasteiger charge is -2.42. The minimum atomic E-state index is -1.56. The van der Waals surface area contributed by atoms with Gasteiger partial charge >= 0.3 is 5.97 Å². The zero-order valence-electron chi connectivity index (χ0n) is 33.2. The number of halogens is 1. The number of aliphatic carboxylic acids is 1. The second kappa shape index (κ2) is 17.3. The molecule has 7 rings (SSSR count). The highest BCUT2D eigenvalue weighted by molar-refractivity contribution is 6.32. The third kappa shape index (κ3) is 8.51. The summed E-state index contributed by atoms with van der Waals surface area (Å²) in [6, 6.07) is 25.7. The summed E-state index contributed by atoms with van der Waals surface area (Å²) < 4.78 is 18.2. The number of rotatable bonds is 16. The molecule has 11 heteroatoms. The highest BCUT2D eigenvalue weighted by atomic mass is 35.5. The average molecular weight is 791 g/mol. The Morgan fingerprint density at radius 2 is 1.67 bits per heavy atom. The quantitative estimate of drug-likeness (QED) is 0.0779. The summed E-state index contributed by atoms with van der Waals surface area (Å²) in [5, 5.41) is 25.9. The number of hydrogen-bond donors (Lipinski definition) is 4. The van der Waals surface area contributed by atoms with E-state index in [4.69, 9.17) is 25.8 Å². The number of aryl methyl sites for hydroxylation is 1. The number of methoxy groups -OCH3 is 1. The molecular formula is C46H51ClN4O6. The molecule has 0 radical (unpaired) electrons. The van der Waals surface area contributed by atoms with Crippen LogP contribution in [0, 0.1) is 13.8 Å². The molecule has 4 N–H and O–H groups in total. The van der Waals surface area contributed by atoms with Crippen LogP contribution in [0.4, 0.5) is 5.69 Å². The first-order valence-electron chi connectivity index (χ1n) is 19.4. The first-order chi connectivity index (χ1) is 27.5. The Kier molecular flexibility index (Phi) is 12.2. The predicted molar refractivity (Wildman–Crippen MR) is 224 cm³/mol. The number of aliphatic hydroxyl groups excluding tert-OH is 1. The highest BCUT2D eigenvalue weighted by Gasteiger charge is 2.36. The van der Waals surface area contributed by atoms with Gasteiger partial charge in [-0.2, -0.15) is 0 Å². The Balaban J connectivity index is 1.11. The number of anilines is 1. The maximum absolute atomic E-state index is 11.9. The van der Waals surface area contributed by atoms with E-state index in [-0.39, 0.29) is 19.8 Å². The zero-order chi connectivity index (χ0) is 40.3. The van der Waals surface area contributed by atoms with E-state index in [0.717, 1.165) is 53.9 Å². The first kappa shape index (κ1) is 40.2. The minimum Gasteiger partial charge on any atom is -0.488 e. The van der Waals surface area contributed by atoms with Crippen molar-refractivity contribution in [3.8, 4) is 33.8 Å². The number of pyridine rings is 1. The second-order valence-electron chi connectivity index (χ2n) is 15.3. The van der Waals surface area contributed by atoms with Gasteiger partial charge in [-0.1, -0.05) is 66.2 Å². The van der Waals surface area contributed by atoms with Crippen molar-refractivity contribution in [2.75, 3.05) is 39.2 Å². The first-order valence-corrected chi connectivity index (χ1v) is 19.8. The molecule has 57 heavy (non-hydrogen) atoms. The molecule has 1 saturated heterocycles. The van der Waals surface area contributed by atoms with Gasteiger partial charge in [-0.3, -0.25) is 20.0 Å². The predicted octanol–water partition coefficient (Wildman–Crippen LogP) is 8.13. The maximum atomic E-state index is 11.9. The van der Waals surface area contributed by atoms with Crippen LogP contribution in [0.25, 0.3) is 22.3 Å². The van der Waals surface area contributed by atoms with E-state index in [1.165, 1.54) is 40.3 Å². The Bertz CT molecular complexity index is 2260. The lowest BCUT2D eigenvalue weighted by atomic mass is 9.89. The number of carbonyl (C=O) groups is 1. The van der Waals surface area contributed by atoms with E-state index in [2.05, 4.69) is 89.0 Å². The summed E-state index contributed by atoms with van der Waals surface area (Å²) in [6.07, 6.45) is 6.04. The van der Waals surface area contributed by atoms with Crippen molar-refractivity contribution in [1.82, 2.24) is 15.2 Å².